The van der Waals surface area contributed by atoms with E-state index >= 15 is 0 Å². The highest BCUT2D eigenvalue weighted by atomic mass is 19.1. The molecule has 1 aliphatic heterocycles. The molecule has 1 aromatic heterocycles. The lowest BCUT2D eigenvalue weighted by Crippen LogP contribution is -2.30. The van der Waals surface area contributed by atoms with Crippen LogP contribution in [0.1, 0.15) is 25.5 Å². The first-order valence-corrected chi connectivity index (χ1v) is 7.99. The highest BCUT2D eigenvalue weighted by Gasteiger charge is 2.34. The normalized spacial score (nSPS) is 16.4. The van der Waals surface area contributed by atoms with Crippen LogP contribution < -0.4 is 5.32 Å². The minimum Gasteiger partial charge on any atom is -0.460 e. The largest absolute Gasteiger partial charge is 0.460 e. The van der Waals surface area contributed by atoms with E-state index in [2.05, 4.69) is 15.4 Å². The molecule has 0 saturated carbocycles. The molecule has 2 aromatic rings. The fourth-order valence-electron chi connectivity index (χ4n) is 2.72. The van der Waals surface area contributed by atoms with Gasteiger partial charge in [0, 0.05) is 12.3 Å². The summed E-state index contributed by atoms with van der Waals surface area (Å²) in [5.41, 5.74) is 1.74. The van der Waals surface area contributed by atoms with Crippen molar-refractivity contribution in [3.63, 3.8) is 0 Å². The molecular formula is C17H19FN4O3. The second kappa shape index (κ2) is 7.43. The van der Waals surface area contributed by atoms with E-state index in [1.165, 1.54) is 18.5 Å². The number of carbonyl (C=O) groups is 1. The smallest absolute Gasteiger partial charge is 0.338 e. The Balaban J connectivity index is 1.92. The lowest BCUT2D eigenvalue weighted by atomic mass is 9.96. The van der Waals surface area contributed by atoms with Crippen molar-refractivity contribution in [2.24, 2.45) is 0 Å². The number of hydrogen-bond donors (Lipinski definition) is 1. The monoisotopic (exact) mass is 346 g/mol. The number of esters is 1. The van der Waals surface area contributed by atoms with Gasteiger partial charge < -0.3 is 14.8 Å². The number of halogens is 1. The van der Waals surface area contributed by atoms with Gasteiger partial charge in [-0.2, -0.15) is 10.1 Å². The van der Waals surface area contributed by atoms with Gasteiger partial charge in [-0.05, 0) is 31.5 Å². The Kier molecular flexibility index (Phi) is 5.08. The van der Waals surface area contributed by atoms with Crippen LogP contribution in [-0.4, -0.2) is 40.6 Å². The van der Waals surface area contributed by atoms with Gasteiger partial charge in [0.2, 0.25) is 5.95 Å². The van der Waals surface area contributed by atoms with Crippen molar-refractivity contribution < 1.29 is 18.7 Å². The first kappa shape index (κ1) is 17.1. The third-order valence-corrected chi connectivity index (χ3v) is 3.86. The van der Waals surface area contributed by atoms with Gasteiger partial charge in [0.15, 0.2) is 0 Å². The number of nitrogens with one attached hydrogen (secondary N) is 1. The molecule has 0 saturated heterocycles. The molecule has 132 valence electrons. The minimum absolute atomic E-state index is 0.157. The number of rotatable bonds is 6. The molecule has 7 nitrogen and oxygen atoms in total. The van der Waals surface area contributed by atoms with Crippen LogP contribution in [0.15, 0.2) is 41.9 Å². The summed E-state index contributed by atoms with van der Waals surface area (Å²) in [6.07, 6.45) is 1.40. The molecule has 1 atom stereocenters. The Morgan fingerprint density at radius 3 is 2.80 bits per heavy atom. The number of hydrogen-bond acceptors (Lipinski definition) is 6. The number of anilines is 1. The third-order valence-electron chi connectivity index (χ3n) is 3.86. The van der Waals surface area contributed by atoms with Crippen LogP contribution in [0.2, 0.25) is 0 Å². The number of fused-ring (bicyclic) bond motifs is 1. The van der Waals surface area contributed by atoms with E-state index in [4.69, 9.17) is 9.47 Å². The van der Waals surface area contributed by atoms with Crippen LogP contribution >= 0.6 is 0 Å². The van der Waals surface area contributed by atoms with E-state index in [0.717, 1.165) is 0 Å². The van der Waals surface area contributed by atoms with Gasteiger partial charge in [-0.1, -0.05) is 12.1 Å². The first-order chi connectivity index (χ1) is 12.1. The van der Waals surface area contributed by atoms with E-state index in [1.54, 1.807) is 23.7 Å². The lowest BCUT2D eigenvalue weighted by Gasteiger charge is -2.28. The highest BCUT2D eigenvalue weighted by Crippen LogP contribution is 2.35. The summed E-state index contributed by atoms with van der Waals surface area (Å²) in [5.74, 6) is -0.309. The number of aromatic nitrogens is 3. The Morgan fingerprint density at radius 2 is 2.08 bits per heavy atom. The van der Waals surface area contributed by atoms with Crippen LogP contribution in [0.3, 0.4) is 0 Å². The van der Waals surface area contributed by atoms with Gasteiger partial charge in [-0.25, -0.2) is 13.9 Å². The molecule has 0 radical (unpaired) electrons. The molecule has 1 aliphatic rings. The molecule has 1 N–H and O–H groups in total. The van der Waals surface area contributed by atoms with Crippen molar-refractivity contribution in [2.45, 2.75) is 19.9 Å². The minimum atomic E-state index is -0.543. The molecule has 0 unspecified atom stereocenters. The zero-order valence-corrected chi connectivity index (χ0v) is 14.0. The van der Waals surface area contributed by atoms with Gasteiger partial charge in [0.1, 0.15) is 24.8 Å². The molecule has 0 amide bonds. The fourth-order valence-corrected chi connectivity index (χ4v) is 2.72. The Bertz CT molecular complexity index is 785. The molecule has 3 rings (SSSR count). The van der Waals surface area contributed by atoms with Crippen LogP contribution in [0.25, 0.3) is 0 Å². The summed E-state index contributed by atoms with van der Waals surface area (Å²) in [4.78, 5) is 16.8. The van der Waals surface area contributed by atoms with Gasteiger partial charge >= 0.3 is 5.97 Å². The molecule has 0 spiro atoms. The SMILES string of the molecule is CCOCCOC(=O)C1=C(C)Nc2ncnn2[C@H]1c1ccc(F)cc1. The number of carbonyl (C=O) groups excluding carboxylic acids is 1. The number of nitrogens with zero attached hydrogens (tertiary/aromatic N) is 3. The van der Waals surface area contributed by atoms with Crippen LogP contribution in [0.4, 0.5) is 10.3 Å². The predicted molar refractivity (Wildman–Crippen MR) is 88.3 cm³/mol. The maximum absolute atomic E-state index is 13.3. The molecule has 1 aromatic carbocycles. The standard InChI is InChI=1S/C17H19FN4O3/c1-3-24-8-9-25-16(23)14-11(2)21-17-19-10-20-22(17)15(14)12-4-6-13(18)7-5-12/h4-7,10,15H,3,8-9H2,1-2H3,(H,19,20,21)/t15-/m0/s1. The molecule has 0 fully saturated rings. The van der Waals surface area contributed by atoms with Gasteiger partial charge in [0.25, 0.3) is 0 Å². The molecule has 0 bridgehead atoms. The van der Waals surface area contributed by atoms with Crippen LogP contribution in [0.5, 0.6) is 0 Å². The molecule has 2 heterocycles. The average molecular weight is 346 g/mol. The Morgan fingerprint density at radius 1 is 1.32 bits per heavy atom. The Hall–Kier alpha value is -2.74. The maximum Gasteiger partial charge on any atom is 0.338 e. The van der Waals surface area contributed by atoms with Crippen molar-refractivity contribution >= 4 is 11.9 Å². The van der Waals surface area contributed by atoms with Crippen molar-refractivity contribution in [1.29, 1.82) is 0 Å². The summed E-state index contributed by atoms with van der Waals surface area (Å²) in [5, 5.41) is 7.24. The lowest BCUT2D eigenvalue weighted by molar-refractivity contribution is -0.141. The van der Waals surface area contributed by atoms with Crippen LogP contribution in [0, 0.1) is 5.82 Å². The summed E-state index contributed by atoms with van der Waals surface area (Å²) < 4.78 is 25.4. The fraction of sp³-hybridized carbons (Fsp3) is 0.353. The van der Waals surface area contributed by atoms with Gasteiger partial charge in [-0.3, -0.25) is 0 Å². The third kappa shape index (κ3) is 3.53. The molecular weight excluding hydrogens is 327 g/mol. The van der Waals surface area contributed by atoms with Gasteiger partial charge in [-0.15, -0.1) is 0 Å². The molecule has 0 aliphatic carbocycles. The van der Waals surface area contributed by atoms with E-state index in [0.29, 0.717) is 36.0 Å². The second-order valence-electron chi connectivity index (χ2n) is 5.48. The summed E-state index contributed by atoms with van der Waals surface area (Å²) in [6, 6.07) is 5.40. The Labute approximate surface area is 144 Å². The van der Waals surface area contributed by atoms with Gasteiger partial charge in [0.05, 0.1) is 12.2 Å². The van der Waals surface area contributed by atoms with E-state index in [-0.39, 0.29) is 12.4 Å². The van der Waals surface area contributed by atoms with E-state index in [1.807, 2.05) is 6.92 Å². The van der Waals surface area contributed by atoms with Crippen LogP contribution in [-0.2, 0) is 14.3 Å². The molecule has 8 heteroatoms. The quantitative estimate of drug-likeness (QED) is 0.639. The van der Waals surface area contributed by atoms with Crippen molar-refractivity contribution in [2.75, 3.05) is 25.1 Å². The summed E-state index contributed by atoms with van der Waals surface area (Å²) in [6.45, 7) is 4.69. The highest BCUT2D eigenvalue weighted by molar-refractivity contribution is 5.92. The topological polar surface area (TPSA) is 78.3 Å². The maximum atomic E-state index is 13.3. The van der Waals surface area contributed by atoms with E-state index < -0.39 is 12.0 Å². The zero-order valence-electron chi connectivity index (χ0n) is 14.0. The molecule has 25 heavy (non-hydrogen) atoms. The van der Waals surface area contributed by atoms with E-state index in [9.17, 15) is 9.18 Å². The summed E-state index contributed by atoms with van der Waals surface area (Å²) in [7, 11) is 0. The predicted octanol–water partition coefficient (Wildman–Crippen LogP) is 2.29. The average Bonchev–Trinajstić information content (AvgIpc) is 3.06. The van der Waals surface area contributed by atoms with Crippen molar-refractivity contribution in [1.82, 2.24) is 14.8 Å². The number of ether oxygens (including phenoxy) is 2. The number of allylic oxidation sites excluding steroid dienone is 1. The second-order valence-corrected chi connectivity index (χ2v) is 5.48. The first-order valence-electron chi connectivity index (χ1n) is 7.99. The zero-order chi connectivity index (χ0) is 17.8. The van der Waals surface area contributed by atoms with Crippen molar-refractivity contribution in [3.05, 3.63) is 53.2 Å². The summed E-state index contributed by atoms with van der Waals surface area (Å²) >= 11 is 0. The number of benzene rings is 1. The van der Waals surface area contributed by atoms with Crippen molar-refractivity contribution in [3.8, 4) is 0 Å².